The Morgan fingerprint density at radius 1 is 1.73 bits per heavy atom. The van der Waals surface area contributed by atoms with Crippen LogP contribution in [0.1, 0.15) is 31.6 Å². The third-order valence-electron chi connectivity index (χ3n) is 1.55. The van der Waals surface area contributed by atoms with Crippen molar-refractivity contribution < 1.29 is 4.42 Å². The van der Waals surface area contributed by atoms with Crippen LogP contribution in [0.25, 0.3) is 0 Å². The Balaban J connectivity index is 2.60. The van der Waals surface area contributed by atoms with E-state index in [1.165, 1.54) is 0 Å². The van der Waals surface area contributed by atoms with E-state index in [1.54, 1.807) is 6.26 Å². The normalized spacial score (nSPS) is 13.4. The van der Waals surface area contributed by atoms with Gasteiger partial charge in [0.25, 0.3) is 0 Å². The second-order valence-electron chi connectivity index (χ2n) is 2.56. The molecule has 11 heavy (non-hydrogen) atoms. The van der Waals surface area contributed by atoms with Crippen molar-refractivity contribution in [1.82, 2.24) is 0 Å². The summed E-state index contributed by atoms with van der Waals surface area (Å²) in [6, 6.07) is 1.96. The minimum atomic E-state index is 0.0475. The van der Waals surface area contributed by atoms with Crippen LogP contribution in [-0.4, -0.2) is 0 Å². The lowest BCUT2D eigenvalue weighted by Crippen LogP contribution is -2.08. The molecule has 2 nitrogen and oxygen atoms in total. The lowest BCUT2D eigenvalue weighted by molar-refractivity contribution is 0.449. The van der Waals surface area contributed by atoms with Crippen molar-refractivity contribution in [3.05, 3.63) is 22.6 Å². The Bertz CT molecular complexity index is 222. The number of rotatable bonds is 3. The molecule has 0 saturated heterocycles. The first-order valence-electron chi connectivity index (χ1n) is 3.73. The summed E-state index contributed by atoms with van der Waals surface area (Å²) in [4.78, 5) is 0. The van der Waals surface area contributed by atoms with Gasteiger partial charge in [0.15, 0.2) is 0 Å². The van der Waals surface area contributed by atoms with Crippen molar-refractivity contribution in [3.8, 4) is 0 Å². The van der Waals surface area contributed by atoms with Crippen LogP contribution in [-0.2, 0) is 0 Å². The fraction of sp³-hybridized carbons (Fsp3) is 0.500. The molecule has 0 radical (unpaired) electrons. The van der Waals surface area contributed by atoms with Crippen molar-refractivity contribution in [2.24, 2.45) is 5.73 Å². The summed E-state index contributed by atoms with van der Waals surface area (Å²) < 4.78 is 6.16. The lowest BCUT2D eigenvalue weighted by atomic mass is 10.1. The highest BCUT2D eigenvalue weighted by Crippen LogP contribution is 2.21. The summed E-state index contributed by atoms with van der Waals surface area (Å²) >= 11 is 3.30. The van der Waals surface area contributed by atoms with E-state index in [9.17, 15) is 0 Å². The predicted octanol–water partition coefficient (Wildman–Crippen LogP) is 2.84. The summed E-state index contributed by atoms with van der Waals surface area (Å²) in [6.07, 6.45) is 3.71. The molecule has 0 bridgehead atoms. The standard InChI is InChI=1S/C8H12BrNO/c1-2-3-7(10)8-4-6(9)5-11-8/h4-5,7H,2-3,10H2,1H3/t7-/m1/s1. The molecule has 3 heteroatoms. The highest BCUT2D eigenvalue weighted by atomic mass is 79.9. The van der Waals surface area contributed by atoms with Crippen LogP contribution >= 0.6 is 15.9 Å². The second-order valence-corrected chi connectivity index (χ2v) is 3.48. The van der Waals surface area contributed by atoms with Crippen molar-refractivity contribution in [3.63, 3.8) is 0 Å². The van der Waals surface area contributed by atoms with Crippen molar-refractivity contribution in [1.29, 1.82) is 0 Å². The second kappa shape index (κ2) is 3.93. The third-order valence-corrected chi connectivity index (χ3v) is 1.97. The molecule has 0 aliphatic heterocycles. The fourth-order valence-corrected chi connectivity index (χ4v) is 1.30. The number of hydrogen-bond donors (Lipinski definition) is 1. The first-order chi connectivity index (χ1) is 5.24. The van der Waals surface area contributed by atoms with E-state index in [-0.39, 0.29) is 6.04 Å². The summed E-state index contributed by atoms with van der Waals surface area (Å²) in [6.45, 7) is 2.11. The van der Waals surface area contributed by atoms with Gasteiger partial charge in [-0.15, -0.1) is 0 Å². The molecule has 1 aromatic rings. The molecule has 0 spiro atoms. The topological polar surface area (TPSA) is 39.2 Å². The van der Waals surface area contributed by atoms with Crippen LogP contribution in [0, 0.1) is 0 Å². The van der Waals surface area contributed by atoms with Crippen LogP contribution < -0.4 is 5.73 Å². The molecule has 0 fully saturated rings. The van der Waals surface area contributed by atoms with E-state index in [0.717, 1.165) is 23.1 Å². The zero-order valence-corrected chi connectivity index (χ0v) is 8.10. The molecule has 2 N–H and O–H groups in total. The van der Waals surface area contributed by atoms with Gasteiger partial charge in [-0.05, 0) is 28.4 Å². The maximum Gasteiger partial charge on any atom is 0.121 e. The third kappa shape index (κ3) is 2.34. The van der Waals surface area contributed by atoms with Gasteiger partial charge in [0.2, 0.25) is 0 Å². The van der Waals surface area contributed by atoms with Crippen molar-refractivity contribution in [2.75, 3.05) is 0 Å². The number of nitrogens with two attached hydrogens (primary N) is 1. The molecule has 0 saturated carbocycles. The van der Waals surface area contributed by atoms with Crippen LogP contribution in [0.2, 0.25) is 0 Å². The zero-order chi connectivity index (χ0) is 8.27. The molecular formula is C8H12BrNO. The molecule has 1 atom stereocenters. The van der Waals surface area contributed by atoms with Gasteiger partial charge in [-0.1, -0.05) is 13.3 Å². The predicted molar refractivity (Wildman–Crippen MR) is 48.2 cm³/mol. The number of hydrogen-bond acceptors (Lipinski definition) is 2. The molecular weight excluding hydrogens is 206 g/mol. The van der Waals surface area contributed by atoms with E-state index in [2.05, 4.69) is 22.9 Å². The molecule has 0 aromatic carbocycles. The maximum absolute atomic E-state index is 5.80. The minimum Gasteiger partial charge on any atom is -0.466 e. The largest absolute Gasteiger partial charge is 0.466 e. The van der Waals surface area contributed by atoms with Gasteiger partial charge >= 0.3 is 0 Å². The van der Waals surface area contributed by atoms with Crippen LogP contribution in [0.4, 0.5) is 0 Å². The summed E-state index contributed by atoms with van der Waals surface area (Å²) in [5.74, 6) is 0.860. The van der Waals surface area contributed by atoms with Crippen molar-refractivity contribution >= 4 is 15.9 Å². The highest BCUT2D eigenvalue weighted by Gasteiger charge is 2.08. The molecule has 1 aromatic heterocycles. The average Bonchev–Trinajstić information content (AvgIpc) is 2.36. The van der Waals surface area contributed by atoms with Crippen LogP contribution in [0.3, 0.4) is 0 Å². The fourth-order valence-electron chi connectivity index (χ4n) is 0.976. The molecule has 0 aliphatic carbocycles. The van der Waals surface area contributed by atoms with Gasteiger partial charge in [-0.3, -0.25) is 0 Å². The zero-order valence-electron chi connectivity index (χ0n) is 6.51. The van der Waals surface area contributed by atoms with Gasteiger partial charge in [-0.25, -0.2) is 0 Å². The first kappa shape index (κ1) is 8.81. The van der Waals surface area contributed by atoms with Crippen molar-refractivity contribution in [2.45, 2.75) is 25.8 Å². The smallest absolute Gasteiger partial charge is 0.121 e. The minimum absolute atomic E-state index is 0.0475. The Hall–Kier alpha value is -0.280. The van der Waals surface area contributed by atoms with Gasteiger partial charge in [-0.2, -0.15) is 0 Å². The van der Waals surface area contributed by atoms with Gasteiger partial charge in [0.05, 0.1) is 10.5 Å². The molecule has 62 valence electrons. The van der Waals surface area contributed by atoms with E-state index in [4.69, 9.17) is 10.2 Å². The Labute approximate surface area is 74.9 Å². The van der Waals surface area contributed by atoms with E-state index >= 15 is 0 Å². The Morgan fingerprint density at radius 2 is 2.45 bits per heavy atom. The lowest BCUT2D eigenvalue weighted by Gasteiger charge is -2.04. The summed E-state index contributed by atoms with van der Waals surface area (Å²) in [5.41, 5.74) is 5.80. The van der Waals surface area contributed by atoms with Crippen LogP contribution in [0.15, 0.2) is 21.2 Å². The van der Waals surface area contributed by atoms with Gasteiger partial charge in [0.1, 0.15) is 12.0 Å². The summed E-state index contributed by atoms with van der Waals surface area (Å²) in [7, 11) is 0. The Morgan fingerprint density at radius 3 is 2.91 bits per heavy atom. The number of halogens is 1. The van der Waals surface area contributed by atoms with E-state index < -0.39 is 0 Å². The number of furan rings is 1. The van der Waals surface area contributed by atoms with E-state index in [1.807, 2.05) is 6.07 Å². The molecule has 1 rings (SSSR count). The van der Waals surface area contributed by atoms with Gasteiger partial charge < -0.3 is 10.2 Å². The summed E-state index contributed by atoms with van der Waals surface area (Å²) in [5, 5.41) is 0. The Kier molecular flexibility index (Phi) is 3.15. The molecule has 0 aliphatic rings. The molecule has 0 unspecified atom stereocenters. The average molecular weight is 218 g/mol. The molecule has 0 amide bonds. The first-order valence-corrected chi connectivity index (χ1v) is 4.53. The highest BCUT2D eigenvalue weighted by molar-refractivity contribution is 9.10. The van der Waals surface area contributed by atoms with E-state index in [0.29, 0.717) is 0 Å². The quantitative estimate of drug-likeness (QED) is 0.847. The monoisotopic (exact) mass is 217 g/mol. The molecule has 1 heterocycles. The maximum atomic E-state index is 5.80. The SMILES string of the molecule is CCC[C@@H](N)c1cc(Br)co1. The van der Waals surface area contributed by atoms with Crippen LogP contribution in [0.5, 0.6) is 0 Å². The van der Waals surface area contributed by atoms with Gasteiger partial charge in [0, 0.05) is 0 Å².